The maximum atomic E-state index is 12.7. The van der Waals surface area contributed by atoms with Crippen molar-refractivity contribution < 1.29 is 13.2 Å². The summed E-state index contributed by atoms with van der Waals surface area (Å²) in [7, 11) is -3.54. The van der Waals surface area contributed by atoms with Gasteiger partial charge in [-0.2, -0.15) is 0 Å². The van der Waals surface area contributed by atoms with Gasteiger partial charge < -0.3 is 10.1 Å². The summed E-state index contributed by atoms with van der Waals surface area (Å²) in [4.78, 5) is 2.65. The van der Waals surface area contributed by atoms with Gasteiger partial charge in [-0.25, -0.2) is 13.1 Å². The smallest absolute Gasteiger partial charge is 0.240 e. The van der Waals surface area contributed by atoms with Crippen molar-refractivity contribution in [2.24, 2.45) is 5.92 Å². The van der Waals surface area contributed by atoms with E-state index in [1.807, 2.05) is 24.3 Å². The molecule has 5 nitrogen and oxygen atoms in total. The molecule has 3 aromatic carbocycles. The fraction of sp³-hybridized carbons (Fsp3) is 0.231. The van der Waals surface area contributed by atoms with Crippen molar-refractivity contribution in [2.75, 3.05) is 25.1 Å². The molecule has 0 radical (unpaired) electrons. The fourth-order valence-electron chi connectivity index (χ4n) is 4.09. The standard InChI is InChI=1S/C26H26N2O3S2/c1-18(21-8-11-26-24(16-21)28-23-4-2-3-5-25(23)32-26)20-6-9-22(10-7-20)33(29,30)27-17-19-12-14-31-15-13-19/h2-11,16,19,27-28H,1,12-15,17H2. The van der Waals surface area contributed by atoms with E-state index < -0.39 is 10.0 Å². The first-order valence-electron chi connectivity index (χ1n) is 11.0. The topological polar surface area (TPSA) is 67.4 Å². The fourth-order valence-corrected chi connectivity index (χ4v) is 6.17. The predicted octanol–water partition coefficient (Wildman–Crippen LogP) is 5.66. The van der Waals surface area contributed by atoms with Crippen molar-refractivity contribution in [1.29, 1.82) is 0 Å². The summed E-state index contributed by atoms with van der Waals surface area (Å²) < 4.78 is 33.5. The number of rotatable bonds is 6. The van der Waals surface area contributed by atoms with Crippen LogP contribution in [-0.2, 0) is 14.8 Å². The average Bonchev–Trinajstić information content (AvgIpc) is 2.86. The SMILES string of the molecule is C=C(c1ccc(S(=O)(=O)NCC2CCOCC2)cc1)c1ccc2c(c1)Nc1ccccc1S2. The number of benzene rings is 3. The third kappa shape index (κ3) is 4.87. The van der Waals surface area contributed by atoms with Gasteiger partial charge in [0.05, 0.1) is 16.3 Å². The van der Waals surface area contributed by atoms with E-state index >= 15 is 0 Å². The Kier molecular flexibility index (Phi) is 6.29. The van der Waals surface area contributed by atoms with Crippen LogP contribution in [0.5, 0.6) is 0 Å². The van der Waals surface area contributed by atoms with E-state index in [0.29, 0.717) is 25.7 Å². The molecule has 170 valence electrons. The molecule has 0 saturated carbocycles. The number of nitrogens with one attached hydrogen (secondary N) is 2. The third-order valence-corrected chi connectivity index (χ3v) is 8.71. The molecular weight excluding hydrogens is 452 g/mol. The summed E-state index contributed by atoms with van der Waals surface area (Å²) in [6.45, 7) is 6.12. The molecule has 0 unspecified atom stereocenters. The molecule has 1 saturated heterocycles. The van der Waals surface area contributed by atoms with Crippen LogP contribution in [0.2, 0.25) is 0 Å². The highest BCUT2D eigenvalue weighted by molar-refractivity contribution is 7.99. The minimum atomic E-state index is -3.54. The molecule has 3 aromatic rings. The second-order valence-corrected chi connectivity index (χ2v) is 11.2. The number of sulfonamides is 1. The summed E-state index contributed by atoms with van der Waals surface area (Å²) in [5.74, 6) is 0.329. The zero-order valence-electron chi connectivity index (χ0n) is 18.2. The van der Waals surface area contributed by atoms with Crippen LogP contribution in [0.25, 0.3) is 5.57 Å². The average molecular weight is 479 g/mol. The van der Waals surface area contributed by atoms with Crippen LogP contribution in [0.4, 0.5) is 11.4 Å². The van der Waals surface area contributed by atoms with Crippen molar-refractivity contribution in [1.82, 2.24) is 4.72 Å². The largest absolute Gasteiger partial charge is 0.381 e. The van der Waals surface area contributed by atoms with Gasteiger partial charge in [-0.15, -0.1) is 0 Å². The van der Waals surface area contributed by atoms with Crippen molar-refractivity contribution in [3.05, 3.63) is 84.4 Å². The number of anilines is 2. The molecule has 0 amide bonds. The van der Waals surface area contributed by atoms with Crippen LogP contribution in [0.3, 0.4) is 0 Å². The molecule has 5 rings (SSSR count). The van der Waals surface area contributed by atoms with Crippen LogP contribution >= 0.6 is 11.8 Å². The van der Waals surface area contributed by atoms with Crippen LogP contribution in [0, 0.1) is 5.92 Å². The van der Waals surface area contributed by atoms with Gasteiger partial charge in [0.15, 0.2) is 0 Å². The Balaban J connectivity index is 1.29. The molecule has 2 heterocycles. The van der Waals surface area contributed by atoms with Crippen LogP contribution in [0.1, 0.15) is 24.0 Å². The van der Waals surface area contributed by atoms with E-state index in [9.17, 15) is 8.42 Å². The van der Waals surface area contributed by atoms with Crippen molar-refractivity contribution >= 4 is 38.7 Å². The first kappa shape index (κ1) is 22.2. The normalized spacial score (nSPS) is 15.9. The van der Waals surface area contributed by atoms with Gasteiger partial charge in [-0.1, -0.05) is 48.7 Å². The second-order valence-electron chi connectivity index (χ2n) is 8.34. The number of hydrogen-bond acceptors (Lipinski definition) is 5. The monoisotopic (exact) mass is 478 g/mol. The molecule has 0 bridgehead atoms. The number of para-hydroxylation sites is 1. The van der Waals surface area contributed by atoms with Crippen LogP contribution < -0.4 is 10.0 Å². The van der Waals surface area contributed by atoms with Gasteiger partial charge in [0.2, 0.25) is 10.0 Å². The highest BCUT2D eigenvalue weighted by Gasteiger charge is 2.20. The van der Waals surface area contributed by atoms with Gasteiger partial charge >= 0.3 is 0 Å². The Morgan fingerprint density at radius 2 is 1.67 bits per heavy atom. The maximum Gasteiger partial charge on any atom is 0.240 e. The maximum absolute atomic E-state index is 12.7. The van der Waals surface area contributed by atoms with E-state index in [2.05, 4.69) is 46.9 Å². The van der Waals surface area contributed by atoms with E-state index in [1.165, 1.54) is 9.79 Å². The minimum Gasteiger partial charge on any atom is -0.381 e. The molecule has 0 aromatic heterocycles. The Morgan fingerprint density at radius 3 is 2.45 bits per heavy atom. The van der Waals surface area contributed by atoms with Gasteiger partial charge in [0.1, 0.15) is 0 Å². The molecule has 33 heavy (non-hydrogen) atoms. The van der Waals surface area contributed by atoms with E-state index in [0.717, 1.165) is 40.9 Å². The predicted molar refractivity (Wildman–Crippen MR) is 134 cm³/mol. The molecule has 1 fully saturated rings. The van der Waals surface area contributed by atoms with Crippen LogP contribution in [0.15, 0.2) is 88.0 Å². The van der Waals surface area contributed by atoms with E-state index in [-0.39, 0.29) is 4.90 Å². The lowest BCUT2D eigenvalue weighted by Crippen LogP contribution is -2.32. The highest BCUT2D eigenvalue weighted by Crippen LogP contribution is 2.44. The lowest BCUT2D eigenvalue weighted by molar-refractivity contribution is 0.0678. The molecule has 2 aliphatic heterocycles. The highest BCUT2D eigenvalue weighted by atomic mass is 32.2. The lowest BCUT2D eigenvalue weighted by Gasteiger charge is -2.22. The van der Waals surface area contributed by atoms with Gasteiger partial charge in [0, 0.05) is 29.5 Å². The van der Waals surface area contributed by atoms with Gasteiger partial charge in [-0.3, -0.25) is 0 Å². The summed E-state index contributed by atoms with van der Waals surface area (Å²) >= 11 is 1.75. The summed E-state index contributed by atoms with van der Waals surface area (Å²) in [5.41, 5.74) is 4.88. The third-order valence-electron chi connectivity index (χ3n) is 6.12. The van der Waals surface area contributed by atoms with Gasteiger partial charge in [-0.05, 0) is 71.9 Å². The number of hydrogen-bond donors (Lipinski definition) is 2. The Hall–Kier alpha value is -2.58. The molecule has 0 spiro atoms. The molecular formula is C26H26N2O3S2. The molecule has 7 heteroatoms. The lowest BCUT2D eigenvalue weighted by atomic mass is 9.99. The molecule has 0 aliphatic carbocycles. The van der Waals surface area contributed by atoms with E-state index in [1.54, 1.807) is 23.9 Å². The quantitative estimate of drug-likeness (QED) is 0.374. The van der Waals surface area contributed by atoms with Crippen molar-refractivity contribution in [3.8, 4) is 0 Å². The number of fused-ring (bicyclic) bond motifs is 2. The molecule has 0 atom stereocenters. The second kappa shape index (κ2) is 9.35. The van der Waals surface area contributed by atoms with E-state index in [4.69, 9.17) is 4.74 Å². The Morgan fingerprint density at radius 1 is 0.970 bits per heavy atom. The Labute approximate surface area is 199 Å². The molecule has 2 N–H and O–H groups in total. The minimum absolute atomic E-state index is 0.270. The first-order chi connectivity index (χ1) is 16.0. The number of ether oxygens (including phenoxy) is 1. The van der Waals surface area contributed by atoms with Crippen molar-refractivity contribution in [2.45, 2.75) is 27.5 Å². The van der Waals surface area contributed by atoms with Crippen LogP contribution in [-0.4, -0.2) is 28.2 Å². The van der Waals surface area contributed by atoms with Crippen molar-refractivity contribution in [3.63, 3.8) is 0 Å². The Bertz CT molecular complexity index is 1280. The summed E-state index contributed by atoms with van der Waals surface area (Å²) in [6, 6.07) is 21.4. The van der Waals surface area contributed by atoms with Gasteiger partial charge in [0.25, 0.3) is 0 Å². The molecule has 2 aliphatic rings. The zero-order valence-corrected chi connectivity index (χ0v) is 19.8. The first-order valence-corrected chi connectivity index (χ1v) is 13.3. The zero-order chi connectivity index (χ0) is 22.8. The summed E-state index contributed by atoms with van der Waals surface area (Å²) in [5, 5.41) is 3.50. The summed E-state index contributed by atoms with van der Waals surface area (Å²) in [6.07, 6.45) is 1.78.